The summed E-state index contributed by atoms with van der Waals surface area (Å²) in [6.45, 7) is 1.87. The molecule has 2 heterocycles. The minimum absolute atomic E-state index is 0.00598. The van der Waals surface area contributed by atoms with Gasteiger partial charge in [0.2, 0.25) is 11.8 Å². The van der Waals surface area contributed by atoms with Crippen LogP contribution >= 0.6 is 11.8 Å². The van der Waals surface area contributed by atoms with Gasteiger partial charge in [-0.1, -0.05) is 30.3 Å². The number of imidazole rings is 1. The maximum Gasteiger partial charge on any atom is 0.325 e. The molecule has 2 aromatic carbocycles. The van der Waals surface area contributed by atoms with E-state index < -0.39 is 28.9 Å². The lowest BCUT2D eigenvalue weighted by molar-refractivity contribution is -0.384. The highest BCUT2D eigenvalue weighted by Gasteiger charge is 2.37. The molecule has 4 rings (SSSR count). The number of carboxylic acid groups (broad SMARTS) is 1. The van der Waals surface area contributed by atoms with Gasteiger partial charge in [-0.2, -0.15) is 0 Å². The number of amides is 2. The van der Waals surface area contributed by atoms with Gasteiger partial charge in [-0.3, -0.25) is 24.5 Å². The lowest BCUT2D eigenvalue weighted by Gasteiger charge is -2.35. The predicted octanol–water partition coefficient (Wildman–Crippen LogP) is 2.47. The fourth-order valence-corrected chi connectivity index (χ4v) is 4.84. The Morgan fingerprint density at radius 3 is 2.54 bits per heavy atom. The molecule has 192 valence electrons. The molecule has 2 unspecified atom stereocenters. The molecule has 0 saturated heterocycles. The molecule has 0 fully saturated rings. The second-order valence-electron chi connectivity index (χ2n) is 8.60. The highest BCUT2D eigenvalue weighted by Crippen LogP contribution is 2.26. The molecule has 37 heavy (non-hydrogen) atoms. The molecule has 0 spiro atoms. The normalized spacial score (nSPS) is 15.5. The third-order valence-electron chi connectivity index (χ3n) is 6.07. The van der Waals surface area contributed by atoms with Crippen molar-refractivity contribution in [2.45, 2.75) is 43.4 Å². The van der Waals surface area contributed by atoms with Gasteiger partial charge >= 0.3 is 5.97 Å². The number of hydrogen-bond donors (Lipinski definition) is 2. The van der Waals surface area contributed by atoms with Gasteiger partial charge in [-0.15, -0.1) is 11.8 Å². The molecule has 0 bridgehead atoms. The molecule has 12 heteroatoms. The third-order valence-corrected chi connectivity index (χ3v) is 7.07. The van der Waals surface area contributed by atoms with Crippen LogP contribution in [0.5, 0.6) is 0 Å². The molecule has 0 saturated carbocycles. The van der Waals surface area contributed by atoms with E-state index in [4.69, 9.17) is 0 Å². The third kappa shape index (κ3) is 6.15. The Hall–Kier alpha value is -4.19. The first-order chi connectivity index (χ1) is 17.7. The van der Waals surface area contributed by atoms with E-state index in [0.29, 0.717) is 12.2 Å². The summed E-state index contributed by atoms with van der Waals surface area (Å²) in [5, 5.41) is 22.6. The number of aliphatic carboxylic acids is 1. The van der Waals surface area contributed by atoms with Crippen molar-refractivity contribution < 1.29 is 24.4 Å². The van der Waals surface area contributed by atoms with E-state index in [1.54, 1.807) is 18.5 Å². The van der Waals surface area contributed by atoms with Crippen molar-refractivity contribution in [2.24, 2.45) is 0 Å². The summed E-state index contributed by atoms with van der Waals surface area (Å²) in [5.41, 5.74) is 2.21. The van der Waals surface area contributed by atoms with E-state index in [0.717, 1.165) is 16.2 Å². The van der Waals surface area contributed by atoms with Crippen LogP contribution in [0.1, 0.15) is 23.9 Å². The molecule has 0 radical (unpaired) electrons. The van der Waals surface area contributed by atoms with E-state index in [1.165, 1.54) is 35.7 Å². The van der Waals surface area contributed by atoms with Gasteiger partial charge in [0.25, 0.3) is 5.69 Å². The number of carbonyl (C=O) groups is 3. The summed E-state index contributed by atoms with van der Waals surface area (Å²) in [7, 11) is 0. The molecule has 2 N–H and O–H groups in total. The van der Waals surface area contributed by atoms with Crippen LogP contribution in [0, 0.1) is 10.1 Å². The van der Waals surface area contributed by atoms with E-state index in [9.17, 15) is 29.6 Å². The Labute approximate surface area is 216 Å². The van der Waals surface area contributed by atoms with Crippen molar-refractivity contribution in [1.82, 2.24) is 19.8 Å². The van der Waals surface area contributed by atoms with E-state index in [1.807, 2.05) is 34.9 Å². The van der Waals surface area contributed by atoms with Crippen LogP contribution in [-0.4, -0.2) is 60.1 Å². The zero-order valence-electron chi connectivity index (χ0n) is 19.9. The first kappa shape index (κ1) is 25.9. The average molecular weight is 524 g/mol. The van der Waals surface area contributed by atoms with E-state index in [2.05, 4.69) is 10.3 Å². The number of carbonyl (C=O) groups excluding carboxylic acids is 2. The molecule has 3 aromatic rings. The van der Waals surface area contributed by atoms with Crippen LogP contribution in [0.2, 0.25) is 0 Å². The zero-order valence-corrected chi connectivity index (χ0v) is 20.8. The van der Waals surface area contributed by atoms with Crippen LogP contribution in [-0.2, 0) is 33.9 Å². The predicted molar refractivity (Wildman–Crippen MR) is 135 cm³/mol. The first-order valence-corrected chi connectivity index (χ1v) is 12.5. The largest absolute Gasteiger partial charge is 0.480 e. The first-order valence-electron chi connectivity index (χ1n) is 11.5. The van der Waals surface area contributed by atoms with Crippen molar-refractivity contribution in [3.8, 4) is 0 Å². The Bertz CT molecular complexity index is 1310. The second kappa shape index (κ2) is 11.2. The van der Waals surface area contributed by atoms with Gasteiger partial charge in [-0.05, 0) is 24.6 Å². The average Bonchev–Trinajstić information content (AvgIpc) is 3.28. The standard InChI is InChI=1S/C25H25N5O6S/c1-16(25(33)34)27-24(32)21-11-20-22(13-29(21)23(31)14-37-19-5-3-2-4-6-19)28(15-26-20)12-17-7-9-18(10-8-17)30(35)36/h2-10,15-16,21H,11-14H2,1H3,(H,27,32)(H,33,34). The molecular weight excluding hydrogens is 498 g/mol. The van der Waals surface area contributed by atoms with Gasteiger partial charge in [0.1, 0.15) is 12.1 Å². The van der Waals surface area contributed by atoms with E-state index in [-0.39, 0.29) is 30.3 Å². The summed E-state index contributed by atoms with van der Waals surface area (Å²) in [5.74, 6) is -1.88. The van der Waals surface area contributed by atoms with Crippen molar-refractivity contribution in [3.05, 3.63) is 88.0 Å². The van der Waals surface area contributed by atoms with Gasteiger partial charge in [-0.25, -0.2) is 4.98 Å². The quantitative estimate of drug-likeness (QED) is 0.247. The Morgan fingerprint density at radius 2 is 1.89 bits per heavy atom. The highest BCUT2D eigenvalue weighted by atomic mass is 32.2. The van der Waals surface area contributed by atoms with Crippen LogP contribution in [0.3, 0.4) is 0 Å². The number of non-ortho nitro benzene ring substituents is 1. The number of nitrogens with one attached hydrogen (secondary N) is 1. The number of carboxylic acids is 1. The van der Waals surface area contributed by atoms with Gasteiger partial charge in [0, 0.05) is 30.0 Å². The minimum atomic E-state index is -1.17. The molecule has 0 aliphatic carbocycles. The van der Waals surface area contributed by atoms with Crippen molar-refractivity contribution in [1.29, 1.82) is 0 Å². The molecule has 1 aliphatic rings. The van der Waals surface area contributed by atoms with Crippen molar-refractivity contribution in [3.63, 3.8) is 0 Å². The van der Waals surface area contributed by atoms with Crippen LogP contribution in [0.4, 0.5) is 5.69 Å². The van der Waals surface area contributed by atoms with Gasteiger partial charge < -0.3 is 19.9 Å². The topological polar surface area (TPSA) is 148 Å². The molecule has 2 atom stereocenters. The van der Waals surface area contributed by atoms with Crippen LogP contribution in [0.25, 0.3) is 0 Å². The summed E-state index contributed by atoms with van der Waals surface area (Å²) < 4.78 is 1.86. The smallest absolute Gasteiger partial charge is 0.325 e. The van der Waals surface area contributed by atoms with Crippen molar-refractivity contribution >= 4 is 35.2 Å². The Kier molecular flexibility index (Phi) is 7.87. The summed E-state index contributed by atoms with van der Waals surface area (Å²) in [6.07, 6.45) is 1.76. The fourth-order valence-electron chi connectivity index (χ4n) is 4.04. The molecule has 1 aliphatic heterocycles. The summed E-state index contributed by atoms with van der Waals surface area (Å²) >= 11 is 1.35. The van der Waals surface area contributed by atoms with Gasteiger partial charge in [0.05, 0.1) is 34.9 Å². The number of nitrogens with zero attached hydrogens (tertiary/aromatic N) is 4. The number of nitro groups is 1. The van der Waals surface area contributed by atoms with Crippen LogP contribution < -0.4 is 5.32 Å². The molecule has 2 amide bonds. The molecule has 1 aromatic heterocycles. The number of rotatable bonds is 9. The maximum absolute atomic E-state index is 13.3. The minimum Gasteiger partial charge on any atom is -0.480 e. The Balaban J connectivity index is 1.56. The zero-order chi connectivity index (χ0) is 26.5. The SMILES string of the molecule is CC(NC(=O)C1Cc2ncn(Cc3ccc([N+](=O)[O-])cc3)c2CN1C(=O)CSc1ccccc1)C(=O)O. The number of thioether (sulfide) groups is 1. The lowest BCUT2D eigenvalue weighted by Crippen LogP contribution is -2.55. The van der Waals surface area contributed by atoms with E-state index >= 15 is 0 Å². The van der Waals surface area contributed by atoms with Crippen molar-refractivity contribution in [2.75, 3.05) is 5.75 Å². The number of benzene rings is 2. The Morgan fingerprint density at radius 1 is 1.19 bits per heavy atom. The van der Waals surface area contributed by atoms with Gasteiger partial charge in [0.15, 0.2) is 0 Å². The number of fused-ring (bicyclic) bond motifs is 1. The number of aromatic nitrogens is 2. The second-order valence-corrected chi connectivity index (χ2v) is 9.65. The maximum atomic E-state index is 13.3. The summed E-state index contributed by atoms with van der Waals surface area (Å²) in [4.78, 5) is 54.9. The summed E-state index contributed by atoms with van der Waals surface area (Å²) in [6, 6.07) is 13.6. The fraction of sp³-hybridized carbons (Fsp3) is 0.280. The molecular formula is C25H25N5O6S. The van der Waals surface area contributed by atoms with Crippen LogP contribution in [0.15, 0.2) is 65.8 Å². The molecule has 11 nitrogen and oxygen atoms in total. The highest BCUT2D eigenvalue weighted by molar-refractivity contribution is 8.00. The number of hydrogen-bond acceptors (Lipinski definition) is 7. The number of nitro benzene ring substituents is 1. The monoisotopic (exact) mass is 523 g/mol. The lowest BCUT2D eigenvalue weighted by atomic mass is 10.0.